The van der Waals surface area contributed by atoms with Crippen molar-refractivity contribution in [3.8, 4) is 33.9 Å². The van der Waals surface area contributed by atoms with Crippen LogP contribution in [-0.4, -0.2) is 49.3 Å². The number of hydrogen-bond donors (Lipinski definition) is 1. The largest absolute Gasteiger partial charge is 0.497 e. The number of oxazole rings is 1. The van der Waals surface area contributed by atoms with Crippen LogP contribution in [0.1, 0.15) is 0 Å². The minimum Gasteiger partial charge on any atom is -0.497 e. The number of rotatable bonds is 9. The van der Waals surface area contributed by atoms with E-state index < -0.39 is 0 Å². The Morgan fingerprint density at radius 3 is 2.44 bits per heavy atom. The third kappa shape index (κ3) is 5.29. The third-order valence-electron chi connectivity index (χ3n) is 5.37. The predicted octanol–water partition coefficient (Wildman–Crippen LogP) is 4.49. The molecule has 0 bridgehead atoms. The summed E-state index contributed by atoms with van der Waals surface area (Å²) in [5.74, 6) is 1.89. The van der Waals surface area contributed by atoms with Gasteiger partial charge < -0.3 is 28.7 Å². The van der Waals surface area contributed by atoms with Crippen molar-refractivity contribution in [1.82, 2.24) is 14.5 Å². The second kappa shape index (κ2) is 10.3. The van der Waals surface area contributed by atoms with Crippen LogP contribution in [-0.2, 0) is 6.54 Å². The first-order chi connectivity index (χ1) is 16.5. The number of nitrogens with one attached hydrogen (secondary N) is 1. The van der Waals surface area contributed by atoms with Crippen LogP contribution in [0.25, 0.3) is 22.5 Å². The van der Waals surface area contributed by atoms with Crippen LogP contribution in [0.4, 0.5) is 11.7 Å². The zero-order valence-electron chi connectivity index (χ0n) is 19.7. The summed E-state index contributed by atoms with van der Waals surface area (Å²) in [6.07, 6.45) is 3.47. The zero-order chi connectivity index (χ0) is 24.1. The summed E-state index contributed by atoms with van der Waals surface area (Å²) in [5, 5.41) is 3.13. The molecule has 8 heteroatoms. The average molecular weight is 461 g/mol. The van der Waals surface area contributed by atoms with Gasteiger partial charge in [-0.05, 0) is 37.9 Å². The topological polar surface area (TPSA) is 81.8 Å². The van der Waals surface area contributed by atoms with Gasteiger partial charge in [0.05, 0.1) is 20.4 Å². The van der Waals surface area contributed by atoms with Crippen molar-refractivity contribution in [2.45, 2.75) is 6.54 Å². The quantitative estimate of drug-likeness (QED) is 0.394. The highest BCUT2D eigenvalue weighted by Gasteiger charge is 2.12. The van der Waals surface area contributed by atoms with Crippen molar-refractivity contribution in [3.05, 3.63) is 77.3 Å². The Kier molecular flexibility index (Phi) is 6.98. The molecule has 0 aliphatic carbocycles. The minimum atomic E-state index is -0.0200. The van der Waals surface area contributed by atoms with Crippen LogP contribution in [0, 0.1) is 0 Å². The molecule has 2 aromatic heterocycles. The van der Waals surface area contributed by atoms with E-state index in [9.17, 15) is 4.79 Å². The van der Waals surface area contributed by atoms with E-state index in [1.54, 1.807) is 31.0 Å². The van der Waals surface area contributed by atoms with Crippen LogP contribution in [0.15, 0.2) is 76.2 Å². The van der Waals surface area contributed by atoms with Crippen molar-refractivity contribution in [2.24, 2.45) is 0 Å². The van der Waals surface area contributed by atoms with Crippen LogP contribution in [0.5, 0.6) is 11.5 Å². The maximum Gasteiger partial charge on any atom is 0.299 e. The highest BCUT2D eigenvalue weighted by molar-refractivity contribution is 5.70. The molecular formula is C26H28N4O4. The van der Waals surface area contributed by atoms with Gasteiger partial charge >= 0.3 is 0 Å². The number of methoxy groups -OCH3 is 2. The number of nitrogens with zero attached hydrogens (tertiary/aromatic N) is 3. The Morgan fingerprint density at radius 1 is 1.00 bits per heavy atom. The smallest absolute Gasteiger partial charge is 0.299 e. The second-order valence-electron chi connectivity index (χ2n) is 8.06. The first-order valence-electron chi connectivity index (χ1n) is 10.9. The first-order valence-corrected chi connectivity index (χ1v) is 10.9. The number of pyridine rings is 1. The van der Waals surface area contributed by atoms with Gasteiger partial charge in [0.25, 0.3) is 11.6 Å². The molecule has 0 unspecified atom stereocenters. The second-order valence-corrected chi connectivity index (χ2v) is 8.06. The highest BCUT2D eigenvalue weighted by Crippen LogP contribution is 2.30. The fraction of sp³-hybridized carbons (Fsp3) is 0.231. The molecule has 0 saturated heterocycles. The molecule has 0 aliphatic heterocycles. The molecule has 0 aliphatic rings. The number of hydrogen-bond acceptors (Lipinski definition) is 7. The van der Waals surface area contributed by atoms with Crippen molar-refractivity contribution >= 4 is 11.7 Å². The molecule has 4 aromatic rings. The molecule has 2 aromatic carbocycles. The molecule has 0 fully saturated rings. The van der Waals surface area contributed by atoms with Gasteiger partial charge in [-0.2, -0.15) is 0 Å². The van der Waals surface area contributed by atoms with Crippen molar-refractivity contribution in [3.63, 3.8) is 0 Å². The molecule has 0 atom stereocenters. The molecule has 2 heterocycles. The molecule has 34 heavy (non-hydrogen) atoms. The van der Waals surface area contributed by atoms with E-state index in [2.05, 4.69) is 15.2 Å². The standard InChI is InChI=1S/C26H28N4O4/c1-29(2)11-12-30-10-6-9-23(25(30)31)18-7-5-8-19(13-18)24-17-27-26(34-24)28-20-14-21(32-3)16-22(15-20)33-4/h5-10,13-17H,11-12H2,1-4H3,(H,27,28). The fourth-order valence-corrected chi connectivity index (χ4v) is 3.55. The molecular weight excluding hydrogens is 432 g/mol. The summed E-state index contributed by atoms with van der Waals surface area (Å²) < 4.78 is 18.3. The number of anilines is 2. The van der Waals surface area contributed by atoms with Gasteiger partial charge in [0, 0.05) is 54.3 Å². The maximum atomic E-state index is 13.0. The lowest BCUT2D eigenvalue weighted by molar-refractivity contribution is 0.381. The van der Waals surface area contributed by atoms with Crippen molar-refractivity contribution in [2.75, 3.05) is 40.2 Å². The molecule has 4 rings (SSSR count). The summed E-state index contributed by atoms with van der Waals surface area (Å²) in [6, 6.07) is 17.2. The lowest BCUT2D eigenvalue weighted by Crippen LogP contribution is -2.26. The Morgan fingerprint density at radius 2 is 1.74 bits per heavy atom. The summed E-state index contributed by atoms with van der Waals surface area (Å²) in [6.45, 7) is 1.42. The summed E-state index contributed by atoms with van der Waals surface area (Å²) in [5.41, 5.74) is 2.99. The van der Waals surface area contributed by atoms with E-state index in [1.165, 1.54) is 0 Å². The van der Waals surface area contributed by atoms with Gasteiger partial charge in [-0.3, -0.25) is 4.79 Å². The minimum absolute atomic E-state index is 0.0200. The van der Waals surface area contributed by atoms with Gasteiger partial charge in [-0.15, -0.1) is 0 Å². The van der Waals surface area contributed by atoms with Gasteiger partial charge in [-0.25, -0.2) is 4.98 Å². The van der Waals surface area contributed by atoms with Crippen LogP contribution in [0.3, 0.4) is 0 Å². The van der Waals surface area contributed by atoms with Gasteiger partial charge in [0.2, 0.25) is 0 Å². The number of aromatic nitrogens is 2. The summed E-state index contributed by atoms with van der Waals surface area (Å²) in [7, 11) is 7.17. The van der Waals surface area contributed by atoms with E-state index in [1.807, 2.05) is 68.8 Å². The lowest BCUT2D eigenvalue weighted by atomic mass is 10.0. The first kappa shape index (κ1) is 23.1. The third-order valence-corrected chi connectivity index (χ3v) is 5.37. The summed E-state index contributed by atoms with van der Waals surface area (Å²) >= 11 is 0. The van der Waals surface area contributed by atoms with Gasteiger partial charge in [0.15, 0.2) is 5.76 Å². The van der Waals surface area contributed by atoms with Crippen LogP contribution < -0.4 is 20.3 Å². The number of benzene rings is 2. The SMILES string of the molecule is COc1cc(Nc2ncc(-c3cccc(-c4cccn(CCN(C)C)c4=O)c3)o2)cc(OC)c1. The van der Waals surface area contributed by atoms with Crippen molar-refractivity contribution < 1.29 is 13.9 Å². The average Bonchev–Trinajstić information content (AvgIpc) is 3.31. The Labute approximate surface area is 198 Å². The normalized spacial score (nSPS) is 11.0. The molecule has 0 spiro atoms. The number of ether oxygens (including phenoxy) is 2. The molecule has 1 N–H and O–H groups in total. The van der Waals surface area contributed by atoms with E-state index in [4.69, 9.17) is 13.9 Å². The Balaban J connectivity index is 1.58. The van der Waals surface area contributed by atoms with Crippen LogP contribution in [0.2, 0.25) is 0 Å². The summed E-state index contributed by atoms with van der Waals surface area (Å²) in [4.78, 5) is 19.4. The monoisotopic (exact) mass is 460 g/mol. The predicted molar refractivity (Wildman–Crippen MR) is 133 cm³/mol. The van der Waals surface area contributed by atoms with Gasteiger partial charge in [0.1, 0.15) is 11.5 Å². The Hall–Kier alpha value is -4.04. The lowest BCUT2D eigenvalue weighted by Gasteiger charge is -2.12. The highest BCUT2D eigenvalue weighted by atomic mass is 16.5. The Bertz CT molecular complexity index is 1300. The maximum absolute atomic E-state index is 13.0. The van der Waals surface area contributed by atoms with Gasteiger partial charge in [-0.1, -0.05) is 18.2 Å². The molecule has 176 valence electrons. The van der Waals surface area contributed by atoms with E-state index in [0.717, 1.165) is 23.4 Å². The molecule has 0 radical (unpaired) electrons. The number of likely N-dealkylation sites (N-methyl/N-ethyl adjacent to an activating group) is 1. The fourth-order valence-electron chi connectivity index (χ4n) is 3.55. The van der Waals surface area contributed by atoms with Crippen molar-refractivity contribution in [1.29, 1.82) is 0 Å². The van der Waals surface area contributed by atoms with E-state index >= 15 is 0 Å². The zero-order valence-corrected chi connectivity index (χ0v) is 19.7. The van der Waals surface area contributed by atoms with E-state index in [-0.39, 0.29) is 5.56 Å². The van der Waals surface area contributed by atoms with E-state index in [0.29, 0.717) is 35.4 Å². The van der Waals surface area contributed by atoms with Crippen LogP contribution >= 0.6 is 0 Å². The molecule has 0 amide bonds. The molecule has 0 saturated carbocycles. The molecule has 8 nitrogen and oxygen atoms in total.